The van der Waals surface area contributed by atoms with Crippen LogP contribution >= 0.6 is 11.8 Å². The second-order valence-corrected chi connectivity index (χ2v) is 13.5. The monoisotopic (exact) mass is 536 g/mol. The molecule has 0 bridgehead atoms. The summed E-state index contributed by atoms with van der Waals surface area (Å²) in [5.74, 6) is 0. The van der Waals surface area contributed by atoms with E-state index in [-0.39, 0.29) is 27.5 Å². The molecule has 0 fully saturated rings. The molecule has 0 N–H and O–H groups in total. The molecule has 0 radical (unpaired) electrons. The van der Waals surface area contributed by atoms with E-state index in [1.54, 1.807) is 6.20 Å². The minimum atomic E-state index is -4.38. The van der Waals surface area contributed by atoms with Crippen molar-refractivity contribution in [2.24, 2.45) is 12.5 Å². The van der Waals surface area contributed by atoms with Gasteiger partial charge in [-0.3, -0.25) is 0 Å². The maximum absolute atomic E-state index is 13.6. The summed E-state index contributed by atoms with van der Waals surface area (Å²) in [5, 5.41) is 2.37. The lowest BCUT2D eigenvalue weighted by atomic mass is 9.80. The Labute approximate surface area is 229 Å². The molecule has 1 nitrogen and oxygen atoms in total. The molecule has 0 saturated carbocycles. The van der Waals surface area contributed by atoms with Crippen LogP contribution in [0.3, 0.4) is 0 Å². The second-order valence-electron chi connectivity index (χ2n) is 12.4. The van der Waals surface area contributed by atoms with Gasteiger partial charge in [0.1, 0.15) is 7.05 Å². The molecule has 4 rings (SSSR count). The SMILES string of the molecule is Cc1c(-c2cc(-c3ccc(CC(C)(C)C)cc3)c(SC(F)(F)F)c[n+]2C)cc(C(C)(C)C)c2ccccc12. The third kappa shape index (κ3) is 6.26. The standard InChI is InChI=1S/C33H37F3NS/c1-21-24-11-9-10-12-25(24)28(32(5,6)7)17-26(21)29-18-27(30(20-37(29)8)38-33(34,35)36)23-15-13-22(14-16-23)19-31(2,3)4/h9-18,20H,19H2,1-8H3/q+1. The molecule has 5 heteroatoms. The molecule has 3 aromatic carbocycles. The van der Waals surface area contributed by atoms with Crippen LogP contribution in [0.15, 0.2) is 71.8 Å². The zero-order valence-corrected chi connectivity index (χ0v) is 24.4. The Hall–Kier alpha value is -2.79. The fourth-order valence-corrected chi connectivity index (χ4v) is 5.89. The minimum Gasteiger partial charge on any atom is -0.200 e. The Morgan fingerprint density at radius 3 is 1.95 bits per heavy atom. The van der Waals surface area contributed by atoms with Gasteiger partial charge in [0.15, 0.2) is 6.20 Å². The molecule has 200 valence electrons. The van der Waals surface area contributed by atoms with Crippen LogP contribution in [0.25, 0.3) is 33.2 Å². The van der Waals surface area contributed by atoms with Crippen LogP contribution in [-0.2, 0) is 18.9 Å². The first-order valence-electron chi connectivity index (χ1n) is 13.0. The number of hydrogen-bond acceptors (Lipinski definition) is 1. The van der Waals surface area contributed by atoms with Gasteiger partial charge in [-0.25, -0.2) is 0 Å². The summed E-state index contributed by atoms with van der Waals surface area (Å²) in [5.41, 5.74) is 2.45. The van der Waals surface area contributed by atoms with Crippen molar-refractivity contribution >= 4 is 22.5 Å². The van der Waals surface area contributed by atoms with Gasteiger partial charge in [0.2, 0.25) is 5.69 Å². The molecule has 0 atom stereocenters. The lowest BCUT2D eigenvalue weighted by molar-refractivity contribution is -0.662. The number of rotatable bonds is 4. The van der Waals surface area contributed by atoms with E-state index in [0.29, 0.717) is 5.56 Å². The van der Waals surface area contributed by atoms with Crippen LogP contribution in [0.1, 0.15) is 58.2 Å². The Balaban J connectivity index is 1.95. The van der Waals surface area contributed by atoms with Crippen LogP contribution < -0.4 is 4.57 Å². The number of aromatic nitrogens is 1. The van der Waals surface area contributed by atoms with Crippen molar-refractivity contribution in [1.82, 2.24) is 0 Å². The number of alkyl halides is 3. The molecule has 0 aliphatic rings. The normalized spacial score (nSPS) is 12.8. The van der Waals surface area contributed by atoms with E-state index >= 15 is 0 Å². The highest BCUT2D eigenvalue weighted by molar-refractivity contribution is 8.00. The largest absolute Gasteiger partial charge is 0.446 e. The van der Waals surface area contributed by atoms with Crippen molar-refractivity contribution in [1.29, 1.82) is 0 Å². The van der Waals surface area contributed by atoms with Gasteiger partial charge < -0.3 is 0 Å². The fourth-order valence-electron chi connectivity index (χ4n) is 5.15. The summed E-state index contributed by atoms with van der Waals surface area (Å²) in [6, 6.07) is 20.5. The Kier molecular flexibility index (Phi) is 7.48. The first kappa shape index (κ1) is 28.2. The number of fused-ring (bicyclic) bond motifs is 1. The third-order valence-electron chi connectivity index (χ3n) is 6.86. The minimum absolute atomic E-state index is 0.0522. The summed E-state index contributed by atoms with van der Waals surface area (Å²) in [6.45, 7) is 15.2. The first-order chi connectivity index (χ1) is 17.5. The summed E-state index contributed by atoms with van der Waals surface area (Å²) in [7, 11) is 1.83. The van der Waals surface area contributed by atoms with Crippen molar-refractivity contribution in [2.75, 3.05) is 0 Å². The van der Waals surface area contributed by atoms with E-state index < -0.39 is 5.51 Å². The number of nitrogens with zero attached hydrogens (tertiary/aromatic N) is 1. The van der Waals surface area contributed by atoms with Gasteiger partial charge in [0, 0.05) is 17.2 Å². The zero-order valence-electron chi connectivity index (χ0n) is 23.5. The van der Waals surface area contributed by atoms with Crippen LogP contribution in [0.4, 0.5) is 13.2 Å². The van der Waals surface area contributed by atoms with Gasteiger partial charge in [0.25, 0.3) is 0 Å². The van der Waals surface area contributed by atoms with E-state index in [1.807, 2.05) is 48.0 Å². The Morgan fingerprint density at radius 1 is 0.789 bits per heavy atom. The molecule has 0 amide bonds. The number of thioether (sulfide) groups is 1. The van der Waals surface area contributed by atoms with Crippen LogP contribution in [-0.4, -0.2) is 5.51 Å². The van der Waals surface area contributed by atoms with Gasteiger partial charge in [-0.05, 0) is 75.0 Å². The lowest BCUT2D eigenvalue weighted by Gasteiger charge is -2.24. The highest BCUT2D eigenvalue weighted by Gasteiger charge is 2.33. The average Bonchev–Trinajstić information content (AvgIpc) is 2.78. The molecular formula is C33H37F3NS+. The van der Waals surface area contributed by atoms with Gasteiger partial charge in [-0.2, -0.15) is 17.7 Å². The van der Waals surface area contributed by atoms with Crippen molar-refractivity contribution in [3.8, 4) is 22.4 Å². The topological polar surface area (TPSA) is 3.88 Å². The van der Waals surface area contributed by atoms with Gasteiger partial charge >= 0.3 is 5.51 Å². The predicted octanol–water partition coefficient (Wildman–Crippen LogP) is 9.80. The average molecular weight is 537 g/mol. The summed E-state index contributed by atoms with van der Waals surface area (Å²) in [6.07, 6.45) is 2.52. The number of benzene rings is 3. The Bertz CT molecular complexity index is 1470. The summed E-state index contributed by atoms with van der Waals surface area (Å²) < 4.78 is 42.7. The van der Waals surface area contributed by atoms with E-state index in [1.165, 1.54) is 16.5 Å². The molecule has 0 spiro atoms. The highest BCUT2D eigenvalue weighted by atomic mass is 32.2. The van der Waals surface area contributed by atoms with Gasteiger partial charge in [-0.1, -0.05) is 90.1 Å². The number of aryl methyl sites for hydroxylation is 2. The summed E-state index contributed by atoms with van der Waals surface area (Å²) >= 11 is -0.0522. The number of pyridine rings is 1. The Morgan fingerprint density at radius 2 is 1.39 bits per heavy atom. The quantitative estimate of drug-likeness (QED) is 0.185. The molecule has 0 unspecified atom stereocenters. The van der Waals surface area contributed by atoms with Crippen molar-refractivity contribution < 1.29 is 17.7 Å². The van der Waals surface area contributed by atoms with Gasteiger partial charge in [-0.15, -0.1) is 0 Å². The maximum atomic E-state index is 13.6. The molecule has 4 aromatic rings. The summed E-state index contributed by atoms with van der Waals surface area (Å²) in [4.78, 5) is 0.196. The van der Waals surface area contributed by atoms with Crippen molar-refractivity contribution in [3.63, 3.8) is 0 Å². The second kappa shape index (κ2) is 10.1. The first-order valence-corrected chi connectivity index (χ1v) is 13.8. The molecule has 38 heavy (non-hydrogen) atoms. The molecule has 0 aliphatic heterocycles. The molecule has 0 aliphatic carbocycles. The number of hydrogen-bond donors (Lipinski definition) is 0. The van der Waals surface area contributed by atoms with E-state index in [9.17, 15) is 13.2 Å². The predicted molar refractivity (Wildman–Crippen MR) is 155 cm³/mol. The lowest BCUT2D eigenvalue weighted by Crippen LogP contribution is -2.31. The van der Waals surface area contributed by atoms with E-state index in [4.69, 9.17) is 0 Å². The third-order valence-corrected chi connectivity index (χ3v) is 7.64. The molecule has 1 aromatic heterocycles. The number of halogens is 3. The highest BCUT2D eigenvalue weighted by Crippen LogP contribution is 2.43. The van der Waals surface area contributed by atoms with Crippen LogP contribution in [0.5, 0.6) is 0 Å². The van der Waals surface area contributed by atoms with Crippen LogP contribution in [0, 0.1) is 12.3 Å². The van der Waals surface area contributed by atoms with E-state index in [0.717, 1.165) is 34.2 Å². The smallest absolute Gasteiger partial charge is 0.200 e. The van der Waals surface area contributed by atoms with Crippen molar-refractivity contribution in [2.45, 2.75) is 70.7 Å². The molecular weight excluding hydrogens is 499 g/mol. The molecule has 1 heterocycles. The van der Waals surface area contributed by atoms with Crippen molar-refractivity contribution in [3.05, 3.63) is 83.6 Å². The molecule has 0 saturated heterocycles. The zero-order chi connectivity index (χ0) is 28.0. The fraction of sp³-hybridized carbons (Fsp3) is 0.364. The van der Waals surface area contributed by atoms with E-state index in [2.05, 4.69) is 72.7 Å². The van der Waals surface area contributed by atoms with Gasteiger partial charge in [0.05, 0.1) is 4.90 Å². The maximum Gasteiger partial charge on any atom is 0.446 e. The van der Waals surface area contributed by atoms with Crippen LogP contribution in [0.2, 0.25) is 0 Å².